The maximum atomic E-state index is 12.1. The second-order valence-corrected chi connectivity index (χ2v) is 7.14. The lowest BCUT2D eigenvalue weighted by atomic mass is 10.2. The number of aromatic nitrogens is 2. The van der Waals surface area contributed by atoms with Crippen molar-refractivity contribution in [2.24, 2.45) is 0 Å². The van der Waals surface area contributed by atoms with Gasteiger partial charge in [0.2, 0.25) is 11.9 Å². The molecule has 0 spiro atoms. The van der Waals surface area contributed by atoms with E-state index in [1.54, 1.807) is 6.08 Å². The fourth-order valence-electron chi connectivity index (χ4n) is 3.04. The van der Waals surface area contributed by atoms with Gasteiger partial charge in [0.15, 0.2) is 0 Å². The maximum Gasteiger partial charge on any atom is 0.248 e. The highest BCUT2D eigenvalue weighted by atomic mass is 16.1. The Balaban J connectivity index is 1.38. The van der Waals surface area contributed by atoms with E-state index in [0.29, 0.717) is 17.5 Å². The van der Waals surface area contributed by atoms with Crippen molar-refractivity contribution in [3.05, 3.63) is 108 Å². The number of hydrogen-bond donors (Lipinski definition) is 3. The third-order valence-electron chi connectivity index (χ3n) is 4.54. The van der Waals surface area contributed by atoms with Crippen molar-refractivity contribution in [1.29, 1.82) is 0 Å². The summed E-state index contributed by atoms with van der Waals surface area (Å²) in [6, 6.07) is 28.8. The van der Waals surface area contributed by atoms with Gasteiger partial charge in [-0.15, -0.1) is 0 Å². The summed E-state index contributed by atoms with van der Waals surface area (Å²) in [5, 5.41) is 9.34. The zero-order chi connectivity index (χ0) is 22.2. The Bertz CT molecular complexity index is 1210. The standard InChI is InChI=1S/C26H23N5O/c1-19-18-24(28-21-10-6-3-7-11-21)31-26(27-19)30-23-15-13-22(14-16-23)29-25(32)17-12-20-8-4-2-5-9-20/h2-18H,1H3,(H,29,32)(H2,27,28,30,31)/b17-12+. The molecule has 4 aromatic rings. The van der Waals surface area contributed by atoms with Gasteiger partial charge in [0.1, 0.15) is 5.82 Å². The van der Waals surface area contributed by atoms with Gasteiger partial charge >= 0.3 is 0 Å². The number of hydrogen-bond acceptors (Lipinski definition) is 5. The van der Waals surface area contributed by atoms with Crippen LogP contribution in [0.3, 0.4) is 0 Å². The average Bonchev–Trinajstić information content (AvgIpc) is 2.80. The van der Waals surface area contributed by atoms with E-state index in [1.165, 1.54) is 6.08 Å². The Morgan fingerprint density at radius 3 is 2.09 bits per heavy atom. The predicted molar refractivity (Wildman–Crippen MR) is 130 cm³/mol. The van der Waals surface area contributed by atoms with Crippen molar-refractivity contribution < 1.29 is 4.79 Å². The molecular weight excluding hydrogens is 398 g/mol. The van der Waals surface area contributed by atoms with Crippen LogP contribution < -0.4 is 16.0 Å². The molecule has 1 aromatic heterocycles. The van der Waals surface area contributed by atoms with Gasteiger partial charge in [0, 0.05) is 34.9 Å². The number of carbonyl (C=O) groups excluding carboxylic acids is 1. The molecule has 0 saturated carbocycles. The zero-order valence-electron chi connectivity index (χ0n) is 17.6. The molecule has 0 fully saturated rings. The van der Waals surface area contributed by atoms with Crippen molar-refractivity contribution in [2.45, 2.75) is 6.92 Å². The molecule has 6 nitrogen and oxygen atoms in total. The van der Waals surface area contributed by atoms with Crippen LogP contribution >= 0.6 is 0 Å². The number of nitrogens with one attached hydrogen (secondary N) is 3. The third-order valence-corrected chi connectivity index (χ3v) is 4.54. The molecule has 0 unspecified atom stereocenters. The highest BCUT2D eigenvalue weighted by Gasteiger charge is 2.05. The summed E-state index contributed by atoms with van der Waals surface area (Å²) in [6.07, 6.45) is 3.30. The molecule has 0 atom stereocenters. The highest BCUT2D eigenvalue weighted by Crippen LogP contribution is 2.20. The molecular formula is C26H23N5O. The van der Waals surface area contributed by atoms with Gasteiger partial charge in [-0.1, -0.05) is 48.5 Å². The van der Waals surface area contributed by atoms with E-state index in [2.05, 4.69) is 25.9 Å². The smallest absolute Gasteiger partial charge is 0.248 e. The van der Waals surface area contributed by atoms with Crippen LogP contribution in [0.5, 0.6) is 0 Å². The monoisotopic (exact) mass is 421 g/mol. The van der Waals surface area contributed by atoms with E-state index in [0.717, 1.165) is 22.6 Å². The van der Waals surface area contributed by atoms with Crippen LogP contribution in [-0.4, -0.2) is 15.9 Å². The minimum absolute atomic E-state index is 0.187. The van der Waals surface area contributed by atoms with Crippen molar-refractivity contribution >= 4 is 40.8 Å². The van der Waals surface area contributed by atoms with Gasteiger partial charge in [-0.05, 0) is 55.0 Å². The van der Waals surface area contributed by atoms with E-state index < -0.39 is 0 Å². The molecule has 0 saturated heterocycles. The first kappa shape index (κ1) is 20.8. The second-order valence-electron chi connectivity index (χ2n) is 7.14. The lowest BCUT2D eigenvalue weighted by Gasteiger charge is -2.10. The van der Waals surface area contributed by atoms with Gasteiger partial charge in [0.05, 0.1) is 0 Å². The number of rotatable bonds is 7. The summed E-state index contributed by atoms with van der Waals surface area (Å²) in [5.41, 5.74) is 4.29. The van der Waals surface area contributed by atoms with E-state index in [9.17, 15) is 4.79 Å². The largest absolute Gasteiger partial charge is 0.340 e. The molecule has 3 aromatic carbocycles. The quantitative estimate of drug-likeness (QED) is 0.323. The van der Waals surface area contributed by atoms with Crippen LogP contribution in [0.1, 0.15) is 11.3 Å². The van der Waals surface area contributed by atoms with Crippen LogP contribution in [0.25, 0.3) is 6.08 Å². The van der Waals surface area contributed by atoms with E-state index in [4.69, 9.17) is 0 Å². The molecule has 32 heavy (non-hydrogen) atoms. The summed E-state index contributed by atoms with van der Waals surface area (Å²) in [7, 11) is 0. The number of benzene rings is 3. The van der Waals surface area contributed by atoms with Crippen molar-refractivity contribution in [3.8, 4) is 0 Å². The van der Waals surface area contributed by atoms with Gasteiger partial charge < -0.3 is 16.0 Å². The zero-order valence-corrected chi connectivity index (χ0v) is 17.6. The van der Waals surface area contributed by atoms with Gasteiger partial charge in [-0.3, -0.25) is 4.79 Å². The van der Waals surface area contributed by atoms with Crippen molar-refractivity contribution in [1.82, 2.24) is 9.97 Å². The average molecular weight is 422 g/mol. The molecule has 0 aliphatic rings. The van der Waals surface area contributed by atoms with Crippen LogP contribution in [0, 0.1) is 6.92 Å². The number of nitrogens with zero attached hydrogens (tertiary/aromatic N) is 2. The summed E-state index contributed by atoms with van der Waals surface area (Å²) in [4.78, 5) is 21.1. The SMILES string of the molecule is Cc1cc(Nc2ccccc2)nc(Nc2ccc(NC(=O)/C=C/c3ccccc3)cc2)n1. The lowest BCUT2D eigenvalue weighted by molar-refractivity contribution is -0.111. The number of aryl methyl sites for hydroxylation is 1. The van der Waals surface area contributed by atoms with Crippen LogP contribution in [0.2, 0.25) is 0 Å². The first-order chi connectivity index (χ1) is 15.6. The summed E-state index contributed by atoms with van der Waals surface area (Å²) < 4.78 is 0. The summed E-state index contributed by atoms with van der Waals surface area (Å²) in [6.45, 7) is 1.92. The molecule has 0 aliphatic heterocycles. The van der Waals surface area contributed by atoms with E-state index >= 15 is 0 Å². The van der Waals surface area contributed by atoms with Gasteiger partial charge in [-0.25, -0.2) is 4.98 Å². The molecule has 6 heteroatoms. The topological polar surface area (TPSA) is 78.9 Å². The second kappa shape index (κ2) is 10.0. The Morgan fingerprint density at radius 2 is 1.38 bits per heavy atom. The van der Waals surface area contributed by atoms with E-state index in [1.807, 2.05) is 97.9 Å². The van der Waals surface area contributed by atoms with E-state index in [-0.39, 0.29) is 5.91 Å². The maximum absolute atomic E-state index is 12.1. The Labute approximate surface area is 187 Å². The number of para-hydroxylation sites is 1. The molecule has 0 bridgehead atoms. The summed E-state index contributed by atoms with van der Waals surface area (Å²) >= 11 is 0. The first-order valence-electron chi connectivity index (χ1n) is 10.2. The molecule has 158 valence electrons. The number of amides is 1. The Kier molecular flexibility index (Phi) is 6.53. The van der Waals surface area contributed by atoms with Gasteiger partial charge in [-0.2, -0.15) is 4.98 Å². The molecule has 4 rings (SSSR count). The fourth-order valence-corrected chi connectivity index (χ4v) is 3.04. The minimum atomic E-state index is -0.187. The number of carbonyl (C=O) groups is 1. The Hall–Kier alpha value is -4.45. The molecule has 1 heterocycles. The Morgan fingerprint density at radius 1 is 0.750 bits per heavy atom. The third kappa shape index (κ3) is 6.03. The number of anilines is 5. The molecule has 3 N–H and O–H groups in total. The van der Waals surface area contributed by atoms with Crippen LogP contribution in [0.15, 0.2) is 97.1 Å². The fraction of sp³-hybridized carbons (Fsp3) is 0.0385. The first-order valence-corrected chi connectivity index (χ1v) is 10.2. The normalized spacial score (nSPS) is 10.7. The van der Waals surface area contributed by atoms with Crippen LogP contribution in [-0.2, 0) is 4.79 Å². The van der Waals surface area contributed by atoms with Crippen LogP contribution in [0.4, 0.5) is 28.8 Å². The molecule has 0 aliphatic carbocycles. The van der Waals surface area contributed by atoms with Gasteiger partial charge in [0.25, 0.3) is 0 Å². The molecule has 1 amide bonds. The van der Waals surface area contributed by atoms with Crippen molar-refractivity contribution in [3.63, 3.8) is 0 Å². The minimum Gasteiger partial charge on any atom is -0.340 e. The van der Waals surface area contributed by atoms with Crippen molar-refractivity contribution in [2.75, 3.05) is 16.0 Å². The predicted octanol–water partition coefficient (Wildman–Crippen LogP) is 5.92. The molecule has 0 radical (unpaired) electrons. The summed E-state index contributed by atoms with van der Waals surface area (Å²) in [5.74, 6) is 1.01. The lowest BCUT2D eigenvalue weighted by Crippen LogP contribution is -2.07. The highest BCUT2D eigenvalue weighted by molar-refractivity contribution is 6.02.